The standard InChI is InChI=1S/C17H19FN4O4S/c1-12-8-17(19-10-16(12)22(23)24)21-7-3-5-14(11-21)20-27(25,26)15-6-2-4-13(18)9-15/h2,4,6,8-10,14,20H,3,5,7,11H2,1H3. The maximum Gasteiger partial charge on any atom is 0.290 e. The van der Waals surface area contributed by atoms with Gasteiger partial charge in [-0.1, -0.05) is 6.07 Å². The van der Waals surface area contributed by atoms with Crippen molar-refractivity contribution in [2.24, 2.45) is 0 Å². The third-order valence-corrected chi connectivity index (χ3v) is 5.96. The average Bonchev–Trinajstić information content (AvgIpc) is 2.61. The van der Waals surface area contributed by atoms with Crippen LogP contribution in [-0.4, -0.2) is 37.5 Å². The second kappa shape index (κ2) is 7.57. The van der Waals surface area contributed by atoms with E-state index >= 15 is 0 Å². The zero-order valence-electron chi connectivity index (χ0n) is 14.6. The molecule has 0 spiro atoms. The lowest BCUT2D eigenvalue weighted by molar-refractivity contribution is -0.385. The van der Waals surface area contributed by atoms with Crippen LogP contribution >= 0.6 is 0 Å². The predicted octanol–water partition coefficient (Wildman–Crippen LogP) is 2.38. The maximum absolute atomic E-state index is 13.3. The van der Waals surface area contributed by atoms with Crippen molar-refractivity contribution in [3.63, 3.8) is 0 Å². The minimum Gasteiger partial charge on any atom is -0.355 e. The predicted molar refractivity (Wildman–Crippen MR) is 97.6 cm³/mol. The second-order valence-corrected chi connectivity index (χ2v) is 8.16. The Balaban J connectivity index is 1.74. The summed E-state index contributed by atoms with van der Waals surface area (Å²) in [5, 5.41) is 10.9. The molecule has 0 amide bonds. The fraction of sp³-hybridized carbons (Fsp3) is 0.353. The fourth-order valence-corrected chi connectivity index (χ4v) is 4.39. The second-order valence-electron chi connectivity index (χ2n) is 6.45. The first kappa shape index (κ1) is 19.2. The molecule has 1 aromatic carbocycles. The number of aromatic nitrogens is 1. The van der Waals surface area contributed by atoms with Gasteiger partial charge < -0.3 is 4.90 Å². The van der Waals surface area contributed by atoms with Crippen LogP contribution in [0.3, 0.4) is 0 Å². The number of aryl methyl sites for hydroxylation is 1. The van der Waals surface area contributed by atoms with Crippen LogP contribution in [-0.2, 0) is 10.0 Å². The van der Waals surface area contributed by atoms with Crippen molar-refractivity contribution < 1.29 is 17.7 Å². The van der Waals surface area contributed by atoms with E-state index in [0.29, 0.717) is 30.9 Å². The SMILES string of the molecule is Cc1cc(N2CCCC(NS(=O)(=O)c3cccc(F)c3)C2)ncc1[N+](=O)[O-]. The van der Waals surface area contributed by atoms with E-state index in [1.165, 1.54) is 24.4 Å². The van der Waals surface area contributed by atoms with Crippen LogP contribution in [0.2, 0.25) is 0 Å². The molecule has 144 valence electrons. The van der Waals surface area contributed by atoms with E-state index in [9.17, 15) is 22.9 Å². The molecule has 2 aromatic rings. The van der Waals surface area contributed by atoms with Crippen molar-refractivity contribution in [3.05, 3.63) is 58.0 Å². The molecule has 8 nitrogen and oxygen atoms in total. The minimum atomic E-state index is -3.84. The van der Waals surface area contributed by atoms with Gasteiger partial charge in [0.05, 0.1) is 9.82 Å². The smallest absolute Gasteiger partial charge is 0.290 e. The van der Waals surface area contributed by atoms with Crippen molar-refractivity contribution in [2.75, 3.05) is 18.0 Å². The zero-order chi connectivity index (χ0) is 19.6. The summed E-state index contributed by atoms with van der Waals surface area (Å²) in [5.74, 6) is -0.0542. The third-order valence-electron chi connectivity index (χ3n) is 4.44. The summed E-state index contributed by atoms with van der Waals surface area (Å²) >= 11 is 0. The van der Waals surface area contributed by atoms with Gasteiger partial charge in [-0.15, -0.1) is 0 Å². The van der Waals surface area contributed by atoms with E-state index in [4.69, 9.17) is 0 Å². The van der Waals surface area contributed by atoms with Gasteiger partial charge in [0.2, 0.25) is 10.0 Å². The van der Waals surface area contributed by atoms with Gasteiger partial charge in [-0.05, 0) is 44.0 Å². The van der Waals surface area contributed by atoms with E-state index in [0.717, 1.165) is 12.5 Å². The first-order valence-electron chi connectivity index (χ1n) is 8.40. The Bertz CT molecular complexity index is 967. The molecular weight excluding hydrogens is 375 g/mol. The molecular formula is C17H19FN4O4S. The number of rotatable bonds is 5. The Morgan fingerprint density at radius 3 is 2.81 bits per heavy atom. The molecule has 1 atom stereocenters. The van der Waals surface area contributed by atoms with E-state index in [1.807, 2.05) is 4.90 Å². The van der Waals surface area contributed by atoms with Gasteiger partial charge in [-0.2, -0.15) is 0 Å². The number of piperidine rings is 1. The molecule has 1 saturated heterocycles. The molecule has 1 N–H and O–H groups in total. The molecule has 10 heteroatoms. The molecule has 27 heavy (non-hydrogen) atoms. The monoisotopic (exact) mass is 394 g/mol. The van der Waals surface area contributed by atoms with Crippen LogP contribution in [0.5, 0.6) is 0 Å². The highest BCUT2D eigenvalue weighted by molar-refractivity contribution is 7.89. The van der Waals surface area contributed by atoms with Crippen LogP contribution < -0.4 is 9.62 Å². The molecule has 1 unspecified atom stereocenters. The first-order chi connectivity index (χ1) is 12.8. The van der Waals surface area contributed by atoms with E-state index in [1.54, 1.807) is 13.0 Å². The highest BCUT2D eigenvalue weighted by Gasteiger charge is 2.27. The lowest BCUT2D eigenvalue weighted by Gasteiger charge is -2.33. The first-order valence-corrected chi connectivity index (χ1v) is 9.88. The summed E-state index contributed by atoms with van der Waals surface area (Å²) in [7, 11) is -3.84. The summed E-state index contributed by atoms with van der Waals surface area (Å²) < 4.78 is 40.9. The normalized spacial score (nSPS) is 17.7. The molecule has 1 aromatic heterocycles. The van der Waals surface area contributed by atoms with Crippen molar-refractivity contribution in [2.45, 2.75) is 30.7 Å². The van der Waals surface area contributed by atoms with Gasteiger partial charge in [0.15, 0.2) is 0 Å². The number of sulfonamides is 1. The highest BCUT2D eigenvalue weighted by Crippen LogP contribution is 2.24. The van der Waals surface area contributed by atoms with Crippen molar-refractivity contribution in [1.29, 1.82) is 0 Å². The molecule has 1 fully saturated rings. The number of anilines is 1. The van der Waals surface area contributed by atoms with Crippen molar-refractivity contribution >= 4 is 21.5 Å². The van der Waals surface area contributed by atoms with E-state index < -0.39 is 20.8 Å². The van der Waals surface area contributed by atoms with Crippen molar-refractivity contribution in [3.8, 4) is 0 Å². The van der Waals surface area contributed by atoms with Crippen LogP contribution in [0.1, 0.15) is 18.4 Å². The lowest BCUT2D eigenvalue weighted by atomic mass is 10.1. The molecule has 3 rings (SSSR count). The van der Waals surface area contributed by atoms with Crippen LogP contribution in [0.25, 0.3) is 0 Å². The number of nitrogens with one attached hydrogen (secondary N) is 1. The number of benzene rings is 1. The number of hydrogen-bond acceptors (Lipinski definition) is 6. The molecule has 2 heterocycles. The van der Waals surface area contributed by atoms with Crippen molar-refractivity contribution in [1.82, 2.24) is 9.71 Å². The van der Waals surface area contributed by atoms with Gasteiger partial charge in [0.25, 0.3) is 5.69 Å². The Morgan fingerprint density at radius 2 is 2.15 bits per heavy atom. The van der Waals surface area contributed by atoms with Gasteiger partial charge in [-0.3, -0.25) is 10.1 Å². The minimum absolute atomic E-state index is 0.0564. The van der Waals surface area contributed by atoms with Crippen LogP contribution in [0.15, 0.2) is 41.4 Å². The van der Waals surface area contributed by atoms with E-state index in [-0.39, 0.29) is 16.6 Å². The van der Waals surface area contributed by atoms with E-state index in [2.05, 4.69) is 9.71 Å². The topological polar surface area (TPSA) is 105 Å². The third kappa shape index (κ3) is 4.40. The Morgan fingerprint density at radius 1 is 1.37 bits per heavy atom. The maximum atomic E-state index is 13.3. The Labute approximate surface area is 156 Å². The molecule has 1 aliphatic heterocycles. The molecule has 0 aliphatic carbocycles. The summed E-state index contributed by atoms with van der Waals surface area (Å²) in [6.45, 7) is 2.68. The average molecular weight is 394 g/mol. The number of hydrogen-bond donors (Lipinski definition) is 1. The molecule has 0 radical (unpaired) electrons. The summed E-state index contributed by atoms with van der Waals surface area (Å²) in [4.78, 5) is 16.3. The Hall–Kier alpha value is -2.59. The number of nitro groups is 1. The van der Waals surface area contributed by atoms with Gasteiger partial charge >= 0.3 is 0 Å². The summed E-state index contributed by atoms with van der Waals surface area (Å²) in [5.41, 5.74) is 0.437. The molecule has 0 saturated carbocycles. The number of halogens is 1. The lowest BCUT2D eigenvalue weighted by Crippen LogP contribution is -2.48. The summed E-state index contributed by atoms with van der Waals surface area (Å²) in [6.07, 6.45) is 2.58. The largest absolute Gasteiger partial charge is 0.355 e. The number of nitrogens with zero attached hydrogens (tertiary/aromatic N) is 3. The number of pyridine rings is 1. The highest BCUT2D eigenvalue weighted by atomic mass is 32.2. The summed E-state index contributed by atoms with van der Waals surface area (Å²) in [6, 6.07) is 6.10. The Kier molecular flexibility index (Phi) is 5.38. The van der Waals surface area contributed by atoms with Crippen LogP contribution in [0.4, 0.5) is 15.9 Å². The van der Waals surface area contributed by atoms with Gasteiger partial charge in [0, 0.05) is 24.7 Å². The van der Waals surface area contributed by atoms with Gasteiger partial charge in [-0.25, -0.2) is 22.5 Å². The quantitative estimate of drug-likeness (QED) is 0.617. The van der Waals surface area contributed by atoms with Gasteiger partial charge in [0.1, 0.15) is 17.8 Å². The fourth-order valence-electron chi connectivity index (χ4n) is 3.10. The van der Waals surface area contributed by atoms with Crippen LogP contribution in [0, 0.1) is 22.9 Å². The molecule has 1 aliphatic rings. The zero-order valence-corrected chi connectivity index (χ0v) is 15.4. The molecule has 0 bridgehead atoms.